The molecule has 0 saturated heterocycles. The number of halogens is 1. The van der Waals surface area contributed by atoms with Crippen molar-refractivity contribution in [3.8, 4) is 0 Å². The van der Waals surface area contributed by atoms with Gasteiger partial charge >= 0.3 is 5.97 Å². The van der Waals surface area contributed by atoms with Crippen LogP contribution in [0.15, 0.2) is 42.5 Å². The molecule has 0 fully saturated rings. The molecule has 2 rings (SSSR count). The highest BCUT2D eigenvalue weighted by Gasteiger charge is 2.18. The molecule has 0 aliphatic rings. The number of rotatable bonds is 8. The van der Waals surface area contributed by atoms with E-state index in [9.17, 15) is 28.9 Å². The number of benzene rings is 2. The van der Waals surface area contributed by atoms with Crippen LogP contribution in [0.2, 0.25) is 0 Å². The van der Waals surface area contributed by atoms with E-state index < -0.39 is 34.6 Å². The molecule has 0 unspecified atom stereocenters. The summed E-state index contributed by atoms with van der Waals surface area (Å²) in [6.45, 7) is 2.91. The molecule has 0 heterocycles. The van der Waals surface area contributed by atoms with E-state index in [1.807, 2.05) is 0 Å². The third-order valence-corrected chi connectivity index (χ3v) is 4.07. The molecule has 9 nitrogen and oxygen atoms in total. The number of aryl methyl sites for hydroxylation is 1. The molecule has 1 atom stereocenters. The summed E-state index contributed by atoms with van der Waals surface area (Å²) in [5.74, 6) is -2.32. The van der Waals surface area contributed by atoms with E-state index in [0.717, 1.165) is 6.07 Å². The zero-order valence-electron chi connectivity index (χ0n) is 16.3. The standard InChI is InChI=1S/C20H20FN3O6/c1-12-3-6-15(11-17(12)21)23-19(26)13(2)30-18(25)9-10-22-20(27)14-4-7-16(8-5-14)24(28)29/h3-8,11,13H,9-10H2,1-2H3,(H,22,27)(H,23,26)/t13-/m0/s1. The summed E-state index contributed by atoms with van der Waals surface area (Å²) in [4.78, 5) is 45.9. The molecule has 10 heteroatoms. The topological polar surface area (TPSA) is 128 Å². The number of anilines is 1. The second-order valence-electron chi connectivity index (χ2n) is 6.40. The van der Waals surface area contributed by atoms with Gasteiger partial charge in [-0.25, -0.2) is 4.39 Å². The van der Waals surface area contributed by atoms with E-state index in [1.54, 1.807) is 6.92 Å². The molecule has 2 aromatic rings. The molecule has 158 valence electrons. The highest BCUT2D eigenvalue weighted by Crippen LogP contribution is 2.14. The van der Waals surface area contributed by atoms with Crippen molar-refractivity contribution >= 4 is 29.2 Å². The zero-order chi connectivity index (χ0) is 22.3. The molecular formula is C20H20FN3O6. The number of ether oxygens (including phenoxy) is 1. The van der Waals surface area contributed by atoms with Gasteiger partial charge in [-0.05, 0) is 43.7 Å². The van der Waals surface area contributed by atoms with Crippen molar-refractivity contribution in [2.45, 2.75) is 26.4 Å². The van der Waals surface area contributed by atoms with Gasteiger partial charge in [-0.1, -0.05) is 6.07 Å². The SMILES string of the molecule is Cc1ccc(NC(=O)[C@H](C)OC(=O)CCNC(=O)c2ccc([N+](=O)[O-])cc2)cc1F. The molecule has 2 aromatic carbocycles. The number of hydrogen-bond acceptors (Lipinski definition) is 6. The van der Waals surface area contributed by atoms with Crippen LogP contribution < -0.4 is 10.6 Å². The summed E-state index contributed by atoms with van der Waals surface area (Å²) in [6.07, 6.45) is -1.30. The highest BCUT2D eigenvalue weighted by atomic mass is 19.1. The lowest BCUT2D eigenvalue weighted by Gasteiger charge is -2.14. The van der Waals surface area contributed by atoms with Gasteiger partial charge in [0, 0.05) is 29.9 Å². The van der Waals surface area contributed by atoms with Crippen LogP contribution in [0.25, 0.3) is 0 Å². The van der Waals surface area contributed by atoms with Gasteiger partial charge in [-0.2, -0.15) is 0 Å². The van der Waals surface area contributed by atoms with E-state index in [-0.39, 0.29) is 29.9 Å². The maximum atomic E-state index is 13.5. The summed E-state index contributed by atoms with van der Waals surface area (Å²) >= 11 is 0. The summed E-state index contributed by atoms with van der Waals surface area (Å²) in [7, 11) is 0. The molecule has 0 bridgehead atoms. The van der Waals surface area contributed by atoms with Crippen LogP contribution in [0.4, 0.5) is 15.8 Å². The zero-order valence-corrected chi connectivity index (χ0v) is 16.3. The van der Waals surface area contributed by atoms with E-state index in [4.69, 9.17) is 4.74 Å². The second kappa shape index (κ2) is 10.1. The maximum Gasteiger partial charge on any atom is 0.308 e. The van der Waals surface area contributed by atoms with Crippen molar-refractivity contribution in [2.75, 3.05) is 11.9 Å². The van der Waals surface area contributed by atoms with Crippen LogP contribution in [-0.4, -0.2) is 35.4 Å². The molecule has 0 aliphatic heterocycles. The summed E-state index contributed by atoms with van der Waals surface area (Å²) in [5.41, 5.74) is 0.729. The first-order valence-corrected chi connectivity index (χ1v) is 8.96. The molecule has 0 radical (unpaired) electrons. The third-order valence-electron chi connectivity index (χ3n) is 4.07. The number of hydrogen-bond donors (Lipinski definition) is 2. The number of non-ortho nitro benzene ring substituents is 1. The number of nitrogens with zero attached hydrogens (tertiary/aromatic N) is 1. The van der Waals surface area contributed by atoms with Gasteiger partial charge in [0.05, 0.1) is 11.3 Å². The number of nitro benzene ring substituents is 1. The van der Waals surface area contributed by atoms with Crippen molar-refractivity contribution in [3.05, 3.63) is 69.5 Å². The minimum absolute atomic E-state index is 0.0494. The van der Waals surface area contributed by atoms with Gasteiger partial charge in [0.2, 0.25) is 0 Å². The van der Waals surface area contributed by atoms with Crippen molar-refractivity contribution in [2.24, 2.45) is 0 Å². The van der Waals surface area contributed by atoms with Crippen LogP contribution in [0, 0.1) is 22.9 Å². The van der Waals surface area contributed by atoms with Crippen molar-refractivity contribution in [3.63, 3.8) is 0 Å². The highest BCUT2D eigenvalue weighted by molar-refractivity contribution is 5.95. The Morgan fingerprint density at radius 2 is 1.83 bits per heavy atom. The van der Waals surface area contributed by atoms with Crippen molar-refractivity contribution in [1.29, 1.82) is 0 Å². The first-order chi connectivity index (χ1) is 14.2. The number of nitrogens with one attached hydrogen (secondary N) is 2. The smallest absolute Gasteiger partial charge is 0.308 e. The molecule has 0 aromatic heterocycles. The fourth-order valence-electron chi connectivity index (χ4n) is 2.34. The molecule has 0 spiro atoms. The van der Waals surface area contributed by atoms with Gasteiger partial charge in [0.15, 0.2) is 6.10 Å². The minimum atomic E-state index is -1.12. The van der Waals surface area contributed by atoms with Crippen LogP contribution in [0.1, 0.15) is 29.3 Å². The maximum absolute atomic E-state index is 13.5. The van der Waals surface area contributed by atoms with Crippen LogP contribution in [-0.2, 0) is 14.3 Å². The van der Waals surface area contributed by atoms with Gasteiger partial charge in [0.25, 0.3) is 17.5 Å². The van der Waals surface area contributed by atoms with Crippen molar-refractivity contribution < 1.29 is 28.4 Å². The lowest BCUT2D eigenvalue weighted by Crippen LogP contribution is -2.32. The number of carbonyl (C=O) groups excluding carboxylic acids is 3. The Labute approximate surface area is 171 Å². The Morgan fingerprint density at radius 3 is 2.43 bits per heavy atom. The average Bonchev–Trinajstić information content (AvgIpc) is 2.70. The van der Waals surface area contributed by atoms with E-state index >= 15 is 0 Å². The third kappa shape index (κ3) is 6.36. The molecule has 2 N–H and O–H groups in total. The average molecular weight is 417 g/mol. The first kappa shape index (κ1) is 22.5. The Balaban J connectivity index is 1.76. The normalized spacial score (nSPS) is 11.3. The lowest BCUT2D eigenvalue weighted by atomic mass is 10.2. The van der Waals surface area contributed by atoms with Gasteiger partial charge < -0.3 is 15.4 Å². The Kier molecular flexibility index (Phi) is 7.56. The molecule has 2 amide bonds. The Morgan fingerprint density at radius 1 is 1.17 bits per heavy atom. The number of nitro groups is 1. The number of carbonyl (C=O) groups is 3. The fourth-order valence-corrected chi connectivity index (χ4v) is 2.34. The van der Waals surface area contributed by atoms with Gasteiger partial charge in [0.1, 0.15) is 5.82 Å². The van der Waals surface area contributed by atoms with E-state index in [0.29, 0.717) is 5.56 Å². The Hall–Kier alpha value is -3.82. The predicted molar refractivity (Wildman–Crippen MR) is 105 cm³/mol. The lowest BCUT2D eigenvalue weighted by molar-refractivity contribution is -0.384. The van der Waals surface area contributed by atoms with Gasteiger partial charge in [-0.3, -0.25) is 24.5 Å². The quantitative estimate of drug-likeness (QED) is 0.386. The first-order valence-electron chi connectivity index (χ1n) is 8.96. The summed E-state index contributed by atoms with van der Waals surface area (Å²) in [5, 5.41) is 15.5. The van der Waals surface area contributed by atoms with Crippen LogP contribution in [0.5, 0.6) is 0 Å². The monoisotopic (exact) mass is 417 g/mol. The van der Waals surface area contributed by atoms with Crippen molar-refractivity contribution in [1.82, 2.24) is 5.32 Å². The number of esters is 1. The summed E-state index contributed by atoms with van der Waals surface area (Å²) in [6, 6.07) is 9.19. The fraction of sp³-hybridized carbons (Fsp3) is 0.250. The molecule has 30 heavy (non-hydrogen) atoms. The molecular weight excluding hydrogens is 397 g/mol. The summed E-state index contributed by atoms with van der Waals surface area (Å²) < 4.78 is 18.5. The van der Waals surface area contributed by atoms with Crippen LogP contribution in [0.3, 0.4) is 0 Å². The van der Waals surface area contributed by atoms with E-state index in [2.05, 4.69) is 10.6 Å². The second-order valence-corrected chi connectivity index (χ2v) is 6.40. The number of amides is 2. The molecule has 0 saturated carbocycles. The van der Waals surface area contributed by atoms with Crippen LogP contribution >= 0.6 is 0 Å². The van der Waals surface area contributed by atoms with Gasteiger partial charge in [-0.15, -0.1) is 0 Å². The minimum Gasteiger partial charge on any atom is -0.452 e. The van der Waals surface area contributed by atoms with E-state index in [1.165, 1.54) is 43.3 Å². The Bertz CT molecular complexity index is 962. The molecule has 0 aliphatic carbocycles. The largest absolute Gasteiger partial charge is 0.452 e. The predicted octanol–water partition coefficient (Wildman–Crippen LogP) is 2.73.